The Morgan fingerprint density at radius 3 is 2.53 bits per heavy atom. The summed E-state index contributed by atoms with van der Waals surface area (Å²) >= 11 is 0. The fourth-order valence-corrected chi connectivity index (χ4v) is 1.31. The summed E-state index contributed by atoms with van der Waals surface area (Å²) in [6.07, 6.45) is 0. The zero-order chi connectivity index (χ0) is 13.2. The number of hydrogen-bond donors (Lipinski definition) is 1. The van der Waals surface area contributed by atoms with E-state index in [1.54, 1.807) is 25.8 Å². The van der Waals surface area contributed by atoms with Gasteiger partial charge in [0.05, 0.1) is 23.1 Å². The molecule has 17 heavy (non-hydrogen) atoms. The highest BCUT2D eigenvalue weighted by molar-refractivity contribution is 5.54. The first-order valence-corrected chi connectivity index (χ1v) is 5.07. The van der Waals surface area contributed by atoms with Crippen molar-refractivity contribution in [1.82, 2.24) is 0 Å². The summed E-state index contributed by atoms with van der Waals surface area (Å²) in [6.45, 7) is 3.36. The third kappa shape index (κ3) is 2.91. The van der Waals surface area contributed by atoms with E-state index in [1.807, 2.05) is 0 Å². The Balaban J connectivity index is 3.18. The number of nitro groups is 1. The molecule has 0 aliphatic carbocycles. The largest absolute Gasteiger partial charge is 0.394 e. The van der Waals surface area contributed by atoms with Crippen LogP contribution in [0.2, 0.25) is 0 Å². The Morgan fingerprint density at radius 1 is 1.47 bits per heavy atom. The van der Waals surface area contributed by atoms with Crippen molar-refractivity contribution in [2.24, 2.45) is 0 Å². The van der Waals surface area contributed by atoms with E-state index in [-0.39, 0.29) is 12.3 Å². The van der Waals surface area contributed by atoms with Gasteiger partial charge in [-0.25, -0.2) is 4.39 Å². The topological polar surface area (TPSA) is 66.6 Å². The number of nitro benzene ring substituents is 1. The average Bonchev–Trinajstić information content (AvgIpc) is 2.27. The molecule has 0 fully saturated rings. The maximum Gasteiger partial charge on any atom is 0.274 e. The molecule has 6 heteroatoms. The predicted octanol–water partition coefficient (Wildman–Crippen LogP) is 1.94. The normalized spacial score (nSPS) is 11.4. The van der Waals surface area contributed by atoms with E-state index in [4.69, 9.17) is 0 Å². The van der Waals surface area contributed by atoms with Gasteiger partial charge in [-0.05, 0) is 19.9 Å². The van der Waals surface area contributed by atoms with Crippen LogP contribution >= 0.6 is 0 Å². The first-order chi connectivity index (χ1) is 7.77. The van der Waals surface area contributed by atoms with Crippen LogP contribution in [-0.4, -0.2) is 29.2 Å². The lowest BCUT2D eigenvalue weighted by molar-refractivity contribution is -0.385. The van der Waals surface area contributed by atoms with E-state index in [2.05, 4.69) is 0 Å². The Kier molecular flexibility index (Phi) is 3.67. The maximum absolute atomic E-state index is 13.2. The minimum atomic E-state index is -0.671. The molecule has 0 heterocycles. The van der Waals surface area contributed by atoms with Crippen molar-refractivity contribution in [3.8, 4) is 0 Å². The molecule has 0 aliphatic rings. The van der Waals surface area contributed by atoms with Gasteiger partial charge in [0.1, 0.15) is 5.82 Å². The molecule has 1 aromatic rings. The molecule has 0 amide bonds. The van der Waals surface area contributed by atoms with Crippen LogP contribution in [0.25, 0.3) is 0 Å². The summed E-state index contributed by atoms with van der Waals surface area (Å²) in [5, 5.41) is 19.8. The number of rotatable bonds is 4. The zero-order valence-corrected chi connectivity index (χ0v) is 9.98. The third-order valence-electron chi connectivity index (χ3n) is 2.76. The van der Waals surface area contributed by atoms with Crippen LogP contribution in [0.15, 0.2) is 18.2 Å². The number of anilines is 1. The van der Waals surface area contributed by atoms with E-state index in [1.165, 1.54) is 12.1 Å². The molecule has 1 N–H and O–H groups in total. The lowest BCUT2D eigenvalue weighted by Crippen LogP contribution is -2.44. The second-order valence-corrected chi connectivity index (χ2v) is 4.45. The lowest BCUT2D eigenvalue weighted by Gasteiger charge is -2.35. The van der Waals surface area contributed by atoms with Crippen LogP contribution in [0.5, 0.6) is 0 Å². The van der Waals surface area contributed by atoms with Gasteiger partial charge in [0.25, 0.3) is 5.69 Å². The van der Waals surface area contributed by atoms with Gasteiger partial charge in [0.15, 0.2) is 0 Å². The van der Waals surface area contributed by atoms with Crippen molar-refractivity contribution in [2.75, 3.05) is 18.6 Å². The van der Waals surface area contributed by atoms with Crippen LogP contribution in [-0.2, 0) is 0 Å². The molecule has 5 nitrogen and oxygen atoms in total. The second-order valence-electron chi connectivity index (χ2n) is 4.45. The van der Waals surface area contributed by atoms with Gasteiger partial charge in [-0.3, -0.25) is 10.1 Å². The van der Waals surface area contributed by atoms with Crippen molar-refractivity contribution in [3.05, 3.63) is 34.1 Å². The number of benzene rings is 1. The standard InChI is InChI=1S/C11H15FN2O3/c1-11(2,7-15)13(3)9-4-8(12)5-10(6-9)14(16)17/h4-6,15H,7H2,1-3H3. The molecule has 0 saturated heterocycles. The van der Waals surface area contributed by atoms with Crippen molar-refractivity contribution in [1.29, 1.82) is 0 Å². The van der Waals surface area contributed by atoms with Gasteiger partial charge < -0.3 is 10.0 Å². The van der Waals surface area contributed by atoms with Crippen LogP contribution < -0.4 is 4.90 Å². The van der Waals surface area contributed by atoms with Gasteiger partial charge in [-0.2, -0.15) is 0 Å². The predicted molar refractivity (Wildman–Crippen MR) is 62.6 cm³/mol. The Morgan fingerprint density at radius 2 is 2.06 bits per heavy atom. The van der Waals surface area contributed by atoms with Crippen LogP contribution in [0.3, 0.4) is 0 Å². The summed E-state index contributed by atoms with van der Waals surface area (Å²) in [7, 11) is 1.65. The molecule has 0 spiro atoms. The first-order valence-electron chi connectivity index (χ1n) is 5.07. The smallest absolute Gasteiger partial charge is 0.274 e. The Bertz CT molecular complexity index is 435. The van der Waals surface area contributed by atoms with E-state index >= 15 is 0 Å². The highest BCUT2D eigenvalue weighted by atomic mass is 19.1. The second kappa shape index (κ2) is 4.67. The first kappa shape index (κ1) is 13.4. The number of nitrogens with zero attached hydrogens (tertiary/aromatic N) is 2. The van der Waals surface area contributed by atoms with Crippen molar-refractivity contribution in [3.63, 3.8) is 0 Å². The molecule has 1 aromatic carbocycles. The number of likely N-dealkylation sites (N-methyl/N-ethyl adjacent to an activating group) is 1. The number of hydrogen-bond acceptors (Lipinski definition) is 4. The fraction of sp³-hybridized carbons (Fsp3) is 0.455. The number of aliphatic hydroxyl groups is 1. The molecular weight excluding hydrogens is 227 g/mol. The van der Waals surface area contributed by atoms with Crippen LogP contribution in [0.4, 0.5) is 15.8 Å². The number of halogens is 1. The third-order valence-corrected chi connectivity index (χ3v) is 2.76. The summed E-state index contributed by atoms with van der Waals surface area (Å²) in [5.74, 6) is -0.671. The summed E-state index contributed by atoms with van der Waals surface area (Å²) in [5.41, 5.74) is -0.571. The van der Waals surface area contributed by atoms with E-state index in [9.17, 15) is 19.6 Å². The van der Waals surface area contributed by atoms with Crippen LogP contribution in [0, 0.1) is 15.9 Å². The molecule has 0 atom stereocenters. The molecule has 94 valence electrons. The quantitative estimate of drug-likeness (QED) is 0.647. The van der Waals surface area contributed by atoms with Crippen molar-refractivity contribution in [2.45, 2.75) is 19.4 Å². The summed E-state index contributed by atoms with van der Waals surface area (Å²) < 4.78 is 13.2. The van der Waals surface area contributed by atoms with Gasteiger partial charge in [0.2, 0.25) is 0 Å². The molecule has 0 saturated carbocycles. The van der Waals surface area contributed by atoms with E-state index in [0.29, 0.717) is 5.69 Å². The lowest BCUT2D eigenvalue weighted by atomic mass is 10.0. The van der Waals surface area contributed by atoms with E-state index in [0.717, 1.165) is 6.07 Å². The van der Waals surface area contributed by atoms with Gasteiger partial charge in [-0.15, -0.1) is 0 Å². The fourth-order valence-electron chi connectivity index (χ4n) is 1.31. The molecule has 0 radical (unpaired) electrons. The highest BCUT2D eigenvalue weighted by Gasteiger charge is 2.24. The van der Waals surface area contributed by atoms with Crippen molar-refractivity contribution < 1.29 is 14.4 Å². The Hall–Kier alpha value is -1.69. The molecule has 0 unspecified atom stereocenters. The van der Waals surface area contributed by atoms with Gasteiger partial charge >= 0.3 is 0 Å². The zero-order valence-electron chi connectivity index (χ0n) is 9.98. The summed E-state index contributed by atoms with van der Waals surface area (Å²) in [6, 6.07) is 3.34. The van der Waals surface area contributed by atoms with Gasteiger partial charge in [0, 0.05) is 18.8 Å². The average molecular weight is 242 g/mol. The minimum Gasteiger partial charge on any atom is -0.394 e. The minimum absolute atomic E-state index is 0.145. The molecule has 0 bridgehead atoms. The maximum atomic E-state index is 13.2. The molecular formula is C11H15FN2O3. The Labute approximate surface area is 98.6 Å². The molecule has 0 aromatic heterocycles. The number of non-ortho nitro benzene ring substituents is 1. The SMILES string of the molecule is CN(c1cc(F)cc([N+](=O)[O-])c1)C(C)(C)CO. The highest BCUT2D eigenvalue weighted by Crippen LogP contribution is 2.27. The molecule has 0 aliphatic heterocycles. The van der Waals surface area contributed by atoms with E-state index < -0.39 is 16.3 Å². The molecule has 1 rings (SSSR count). The van der Waals surface area contributed by atoms with Gasteiger partial charge in [-0.1, -0.05) is 0 Å². The summed E-state index contributed by atoms with van der Waals surface area (Å²) in [4.78, 5) is 11.6. The van der Waals surface area contributed by atoms with Crippen LogP contribution in [0.1, 0.15) is 13.8 Å². The van der Waals surface area contributed by atoms with Crippen molar-refractivity contribution >= 4 is 11.4 Å². The monoisotopic (exact) mass is 242 g/mol. The number of aliphatic hydroxyl groups excluding tert-OH is 1.